The van der Waals surface area contributed by atoms with Gasteiger partial charge in [0.1, 0.15) is 18.1 Å². The summed E-state index contributed by atoms with van der Waals surface area (Å²) in [6.07, 6.45) is 1.85. The highest BCUT2D eigenvalue weighted by Gasteiger charge is 2.08. The molecule has 0 aliphatic heterocycles. The number of carbonyl (C=O) groups is 1. The molecule has 3 aromatic carbocycles. The number of amides is 1. The van der Waals surface area contributed by atoms with Gasteiger partial charge in [-0.2, -0.15) is 0 Å². The van der Waals surface area contributed by atoms with Crippen LogP contribution in [0.2, 0.25) is 0 Å². The van der Waals surface area contributed by atoms with Gasteiger partial charge in [-0.25, -0.2) is 0 Å². The monoisotopic (exact) mass is 434 g/mol. The predicted octanol–water partition coefficient (Wildman–Crippen LogP) is 4.77. The van der Waals surface area contributed by atoms with E-state index in [4.69, 9.17) is 14.2 Å². The topological polar surface area (TPSA) is 68.8 Å². The molecule has 168 valence electrons. The van der Waals surface area contributed by atoms with Gasteiger partial charge < -0.3 is 24.8 Å². The summed E-state index contributed by atoms with van der Waals surface area (Å²) < 4.78 is 16.5. The van der Waals surface area contributed by atoms with Crippen molar-refractivity contribution in [3.05, 3.63) is 84.4 Å². The first-order valence-electron chi connectivity index (χ1n) is 10.8. The Balaban J connectivity index is 1.45. The van der Waals surface area contributed by atoms with E-state index in [1.165, 1.54) is 5.56 Å². The highest BCUT2D eigenvalue weighted by Crippen LogP contribution is 2.24. The Bertz CT molecular complexity index is 963. The van der Waals surface area contributed by atoms with Crippen LogP contribution < -0.4 is 20.1 Å². The minimum atomic E-state index is -0.156. The van der Waals surface area contributed by atoms with Crippen molar-refractivity contribution in [3.63, 3.8) is 0 Å². The van der Waals surface area contributed by atoms with Crippen molar-refractivity contribution in [1.82, 2.24) is 0 Å². The molecule has 0 saturated carbocycles. The molecule has 0 radical (unpaired) electrons. The van der Waals surface area contributed by atoms with Gasteiger partial charge in [0.25, 0.3) is 0 Å². The first-order chi connectivity index (χ1) is 15.7. The van der Waals surface area contributed by atoms with E-state index in [9.17, 15) is 4.79 Å². The van der Waals surface area contributed by atoms with Crippen molar-refractivity contribution >= 4 is 17.3 Å². The van der Waals surface area contributed by atoms with Crippen LogP contribution in [0.3, 0.4) is 0 Å². The smallest absolute Gasteiger partial charge is 0.243 e. The zero-order chi connectivity index (χ0) is 22.4. The van der Waals surface area contributed by atoms with Gasteiger partial charge in [0.15, 0.2) is 0 Å². The molecule has 0 aliphatic carbocycles. The SMILES string of the molecule is COCCOc1cccc(NCC(=O)Nc2ccccc2OCCCc2ccccc2)c1. The quantitative estimate of drug-likeness (QED) is 0.379. The van der Waals surface area contributed by atoms with Gasteiger partial charge in [-0.3, -0.25) is 4.79 Å². The van der Waals surface area contributed by atoms with E-state index in [0.717, 1.165) is 24.3 Å². The van der Waals surface area contributed by atoms with Crippen LogP contribution in [-0.4, -0.2) is 39.4 Å². The van der Waals surface area contributed by atoms with Gasteiger partial charge in [-0.15, -0.1) is 0 Å². The fourth-order valence-corrected chi connectivity index (χ4v) is 3.11. The highest BCUT2D eigenvalue weighted by atomic mass is 16.5. The van der Waals surface area contributed by atoms with Crippen molar-refractivity contribution in [1.29, 1.82) is 0 Å². The molecule has 1 amide bonds. The Hall–Kier alpha value is -3.51. The van der Waals surface area contributed by atoms with Crippen LogP contribution in [0.4, 0.5) is 11.4 Å². The average molecular weight is 435 g/mol. The fourth-order valence-electron chi connectivity index (χ4n) is 3.11. The molecule has 2 N–H and O–H groups in total. The molecule has 0 aromatic heterocycles. The molecule has 0 atom stereocenters. The predicted molar refractivity (Wildman–Crippen MR) is 128 cm³/mol. The molecule has 0 saturated heterocycles. The third-order valence-electron chi connectivity index (χ3n) is 4.71. The summed E-state index contributed by atoms with van der Waals surface area (Å²) in [4.78, 5) is 12.5. The van der Waals surface area contributed by atoms with Crippen molar-refractivity contribution in [2.75, 3.05) is 44.1 Å². The molecule has 3 rings (SSSR count). The van der Waals surface area contributed by atoms with Crippen molar-refractivity contribution in [2.45, 2.75) is 12.8 Å². The summed E-state index contributed by atoms with van der Waals surface area (Å²) >= 11 is 0. The summed E-state index contributed by atoms with van der Waals surface area (Å²) in [5.41, 5.74) is 2.76. The number of rotatable bonds is 13. The number of methoxy groups -OCH3 is 1. The van der Waals surface area contributed by atoms with Crippen LogP contribution in [0.15, 0.2) is 78.9 Å². The second kappa shape index (κ2) is 13.0. The van der Waals surface area contributed by atoms with Crippen LogP contribution in [0.5, 0.6) is 11.5 Å². The number of benzene rings is 3. The number of nitrogens with one attached hydrogen (secondary N) is 2. The van der Waals surface area contributed by atoms with Crippen LogP contribution >= 0.6 is 0 Å². The third-order valence-corrected chi connectivity index (χ3v) is 4.71. The first kappa shape index (κ1) is 23.2. The average Bonchev–Trinajstić information content (AvgIpc) is 2.83. The normalized spacial score (nSPS) is 10.4. The van der Waals surface area contributed by atoms with E-state index in [2.05, 4.69) is 22.8 Å². The number of carbonyl (C=O) groups excluding carboxylic acids is 1. The summed E-state index contributed by atoms with van der Waals surface area (Å²) in [6.45, 7) is 1.70. The molecule has 6 heteroatoms. The Kier molecular flexibility index (Phi) is 9.42. The van der Waals surface area contributed by atoms with E-state index in [-0.39, 0.29) is 12.5 Å². The van der Waals surface area contributed by atoms with Crippen molar-refractivity contribution in [3.8, 4) is 11.5 Å². The second-order valence-electron chi connectivity index (χ2n) is 7.20. The Labute approximate surface area is 189 Å². The van der Waals surface area contributed by atoms with E-state index >= 15 is 0 Å². The second-order valence-corrected chi connectivity index (χ2v) is 7.20. The maximum Gasteiger partial charge on any atom is 0.243 e. The number of anilines is 2. The van der Waals surface area contributed by atoms with Crippen LogP contribution in [0, 0.1) is 0 Å². The summed E-state index contributed by atoms with van der Waals surface area (Å²) in [5, 5.41) is 6.04. The molecule has 3 aromatic rings. The van der Waals surface area contributed by atoms with Crippen LogP contribution in [-0.2, 0) is 16.0 Å². The lowest BCUT2D eigenvalue weighted by molar-refractivity contribution is -0.114. The maximum absolute atomic E-state index is 12.5. The van der Waals surface area contributed by atoms with Gasteiger partial charge in [-0.05, 0) is 42.7 Å². The third kappa shape index (κ3) is 7.96. The summed E-state index contributed by atoms with van der Waals surface area (Å²) in [7, 11) is 1.63. The maximum atomic E-state index is 12.5. The summed E-state index contributed by atoms with van der Waals surface area (Å²) in [6, 6.07) is 25.3. The lowest BCUT2D eigenvalue weighted by Crippen LogP contribution is -2.22. The van der Waals surface area contributed by atoms with E-state index < -0.39 is 0 Å². The minimum Gasteiger partial charge on any atom is -0.491 e. The number of ether oxygens (including phenoxy) is 3. The van der Waals surface area contributed by atoms with Crippen molar-refractivity contribution in [2.24, 2.45) is 0 Å². The lowest BCUT2D eigenvalue weighted by Gasteiger charge is -2.13. The zero-order valence-corrected chi connectivity index (χ0v) is 18.4. The largest absolute Gasteiger partial charge is 0.491 e. The van der Waals surface area contributed by atoms with E-state index in [0.29, 0.717) is 31.3 Å². The van der Waals surface area contributed by atoms with Gasteiger partial charge in [0.2, 0.25) is 5.91 Å². The molecule has 0 spiro atoms. The van der Waals surface area contributed by atoms with Gasteiger partial charge in [0.05, 0.1) is 25.4 Å². The molecular formula is C26H30N2O4. The van der Waals surface area contributed by atoms with Crippen molar-refractivity contribution < 1.29 is 19.0 Å². The number of para-hydroxylation sites is 2. The van der Waals surface area contributed by atoms with Gasteiger partial charge in [-0.1, -0.05) is 48.5 Å². The molecule has 0 unspecified atom stereocenters. The molecule has 0 fully saturated rings. The van der Waals surface area contributed by atoms with E-state index in [1.807, 2.05) is 66.7 Å². The molecule has 6 nitrogen and oxygen atoms in total. The standard InChI is InChI=1S/C26H30N2O4/c1-30-17-18-31-23-13-7-12-22(19-23)27-20-26(29)28-24-14-5-6-15-25(24)32-16-8-11-21-9-3-2-4-10-21/h2-7,9-10,12-15,19,27H,8,11,16-18,20H2,1H3,(H,28,29). The minimum absolute atomic E-state index is 0.129. The molecule has 0 heterocycles. The fraction of sp³-hybridized carbons (Fsp3) is 0.269. The Morgan fingerprint density at radius 1 is 0.844 bits per heavy atom. The van der Waals surface area contributed by atoms with E-state index in [1.54, 1.807) is 7.11 Å². The van der Waals surface area contributed by atoms with Gasteiger partial charge in [0, 0.05) is 18.9 Å². The Morgan fingerprint density at radius 3 is 2.50 bits per heavy atom. The highest BCUT2D eigenvalue weighted by molar-refractivity contribution is 5.95. The number of hydrogen-bond acceptors (Lipinski definition) is 5. The molecular weight excluding hydrogens is 404 g/mol. The summed E-state index contributed by atoms with van der Waals surface area (Å²) in [5.74, 6) is 1.24. The van der Waals surface area contributed by atoms with Gasteiger partial charge >= 0.3 is 0 Å². The first-order valence-corrected chi connectivity index (χ1v) is 10.8. The zero-order valence-electron chi connectivity index (χ0n) is 18.4. The number of aryl methyl sites for hydroxylation is 1. The number of hydrogen-bond donors (Lipinski definition) is 2. The molecule has 0 aliphatic rings. The lowest BCUT2D eigenvalue weighted by atomic mass is 10.1. The van der Waals surface area contributed by atoms with Crippen LogP contribution in [0.1, 0.15) is 12.0 Å². The van der Waals surface area contributed by atoms with Crippen LogP contribution in [0.25, 0.3) is 0 Å². The molecule has 32 heavy (non-hydrogen) atoms. The molecule has 0 bridgehead atoms. The Morgan fingerprint density at radius 2 is 1.66 bits per heavy atom.